The van der Waals surface area contributed by atoms with Gasteiger partial charge in [-0.25, -0.2) is 8.42 Å². The van der Waals surface area contributed by atoms with Gasteiger partial charge in [0.15, 0.2) is 0 Å². The molecule has 6 nitrogen and oxygen atoms in total. The average Bonchev–Trinajstić information content (AvgIpc) is 2.81. The molecular weight excluding hydrogens is 448 g/mol. The van der Waals surface area contributed by atoms with E-state index in [1.54, 1.807) is 30.3 Å². The number of nitrogens with zero attached hydrogens (tertiary/aromatic N) is 1. The first-order chi connectivity index (χ1) is 15.4. The molecule has 3 aromatic carbocycles. The molecule has 0 bridgehead atoms. The number of nitrogens with one attached hydrogen (secondary N) is 1. The van der Waals surface area contributed by atoms with Gasteiger partial charge in [-0.2, -0.15) is 0 Å². The van der Waals surface area contributed by atoms with Crippen LogP contribution < -0.4 is 14.4 Å². The topological polar surface area (TPSA) is 75.7 Å². The van der Waals surface area contributed by atoms with E-state index in [0.717, 1.165) is 17.1 Å². The summed E-state index contributed by atoms with van der Waals surface area (Å²) in [5.41, 5.74) is 1.46. The lowest BCUT2D eigenvalue weighted by atomic mass is 10.1. The number of ether oxygens (including phenoxy) is 1. The Morgan fingerprint density at radius 2 is 1.66 bits per heavy atom. The van der Waals surface area contributed by atoms with E-state index < -0.39 is 15.9 Å². The van der Waals surface area contributed by atoms with Crippen LogP contribution in [0, 0.1) is 0 Å². The summed E-state index contributed by atoms with van der Waals surface area (Å²) in [6.45, 7) is 0.0710. The fourth-order valence-electron chi connectivity index (χ4n) is 3.20. The van der Waals surface area contributed by atoms with Gasteiger partial charge < -0.3 is 10.1 Å². The molecule has 0 heterocycles. The molecule has 3 aromatic rings. The van der Waals surface area contributed by atoms with E-state index in [4.69, 9.17) is 16.3 Å². The molecule has 3 rings (SSSR count). The second-order valence-corrected chi connectivity index (χ2v) is 9.35. The smallest absolute Gasteiger partial charge is 0.264 e. The van der Waals surface area contributed by atoms with Crippen LogP contribution in [0.15, 0.2) is 83.8 Å². The van der Waals surface area contributed by atoms with Crippen molar-refractivity contribution in [2.45, 2.75) is 17.7 Å². The number of carbonyl (C=O) groups is 1. The van der Waals surface area contributed by atoms with Crippen molar-refractivity contribution < 1.29 is 17.9 Å². The number of anilines is 1. The van der Waals surface area contributed by atoms with E-state index in [0.29, 0.717) is 12.3 Å². The minimum atomic E-state index is -3.99. The Balaban J connectivity index is 1.75. The summed E-state index contributed by atoms with van der Waals surface area (Å²) in [5, 5.41) is 3.06. The summed E-state index contributed by atoms with van der Waals surface area (Å²) in [6, 6.07) is 22.6. The second kappa shape index (κ2) is 11.0. The molecular formula is C24H25ClN2O4S. The molecule has 0 aromatic heterocycles. The van der Waals surface area contributed by atoms with Gasteiger partial charge in [0.2, 0.25) is 5.91 Å². The van der Waals surface area contributed by atoms with Crippen molar-refractivity contribution in [1.29, 1.82) is 0 Å². The van der Waals surface area contributed by atoms with Gasteiger partial charge in [0.05, 0.1) is 22.7 Å². The van der Waals surface area contributed by atoms with Gasteiger partial charge in [0.25, 0.3) is 10.0 Å². The van der Waals surface area contributed by atoms with E-state index in [1.807, 2.05) is 30.3 Å². The first-order valence-corrected chi connectivity index (χ1v) is 12.0. The van der Waals surface area contributed by atoms with Gasteiger partial charge in [-0.05, 0) is 48.7 Å². The molecule has 0 saturated heterocycles. The predicted octanol–water partition coefficient (Wildman–Crippen LogP) is 4.29. The maximum Gasteiger partial charge on any atom is 0.264 e. The van der Waals surface area contributed by atoms with Crippen molar-refractivity contribution in [1.82, 2.24) is 5.32 Å². The predicted molar refractivity (Wildman–Crippen MR) is 127 cm³/mol. The molecule has 1 amide bonds. The highest BCUT2D eigenvalue weighted by Crippen LogP contribution is 2.31. The summed E-state index contributed by atoms with van der Waals surface area (Å²) in [7, 11) is -2.51. The molecule has 0 aliphatic heterocycles. The number of methoxy groups -OCH3 is 1. The van der Waals surface area contributed by atoms with E-state index in [-0.39, 0.29) is 22.2 Å². The quantitative estimate of drug-likeness (QED) is 0.446. The van der Waals surface area contributed by atoms with Gasteiger partial charge in [0, 0.05) is 6.54 Å². The van der Waals surface area contributed by atoms with Crippen LogP contribution in [0.3, 0.4) is 0 Å². The van der Waals surface area contributed by atoms with Crippen LogP contribution in [0.5, 0.6) is 5.75 Å². The van der Waals surface area contributed by atoms with Crippen molar-refractivity contribution in [2.24, 2.45) is 0 Å². The largest absolute Gasteiger partial charge is 0.495 e. The van der Waals surface area contributed by atoms with E-state index in [9.17, 15) is 13.2 Å². The molecule has 1 N–H and O–H groups in total. The highest BCUT2D eigenvalue weighted by atomic mass is 35.5. The first kappa shape index (κ1) is 23.6. The molecule has 0 fully saturated rings. The zero-order valence-electron chi connectivity index (χ0n) is 17.7. The summed E-state index contributed by atoms with van der Waals surface area (Å²) >= 11 is 6.22. The van der Waals surface area contributed by atoms with Crippen molar-refractivity contribution in [3.05, 3.63) is 89.4 Å². The van der Waals surface area contributed by atoms with Crippen molar-refractivity contribution in [2.75, 3.05) is 24.5 Å². The SMILES string of the molecule is COc1ccc(N(CC(=O)NCCCc2ccccc2)S(=O)(=O)c2ccccc2)cc1Cl. The number of rotatable bonds is 10. The molecule has 0 unspecified atom stereocenters. The van der Waals surface area contributed by atoms with Crippen LogP contribution in [-0.2, 0) is 21.2 Å². The van der Waals surface area contributed by atoms with Crippen LogP contribution >= 0.6 is 11.6 Å². The van der Waals surface area contributed by atoms with Crippen LogP contribution in [-0.4, -0.2) is 34.5 Å². The highest BCUT2D eigenvalue weighted by molar-refractivity contribution is 7.92. The summed E-state index contributed by atoms with van der Waals surface area (Å²) in [6.07, 6.45) is 1.57. The number of sulfonamides is 1. The zero-order valence-corrected chi connectivity index (χ0v) is 19.3. The van der Waals surface area contributed by atoms with Crippen molar-refractivity contribution >= 4 is 33.2 Å². The van der Waals surface area contributed by atoms with Gasteiger partial charge in [0.1, 0.15) is 12.3 Å². The second-order valence-electron chi connectivity index (χ2n) is 7.08. The van der Waals surface area contributed by atoms with Crippen LogP contribution in [0.4, 0.5) is 5.69 Å². The standard InChI is InChI=1S/C24H25ClN2O4S/c1-31-23-15-14-20(17-22(23)25)27(32(29,30)21-12-6-3-7-13-21)18-24(28)26-16-8-11-19-9-4-2-5-10-19/h2-7,9-10,12-15,17H,8,11,16,18H2,1H3,(H,26,28). The molecule has 32 heavy (non-hydrogen) atoms. The normalized spacial score (nSPS) is 11.1. The molecule has 0 aliphatic rings. The number of amides is 1. The minimum Gasteiger partial charge on any atom is -0.495 e. The number of carbonyl (C=O) groups excluding carboxylic acids is 1. The Bertz CT molecular complexity index is 1140. The van der Waals surface area contributed by atoms with E-state index in [2.05, 4.69) is 5.32 Å². The number of halogens is 1. The lowest BCUT2D eigenvalue weighted by Crippen LogP contribution is -2.41. The Labute approximate surface area is 193 Å². The minimum absolute atomic E-state index is 0.0869. The van der Waals surface area contributed by atoms with Crippen molar-refractivity contribution in [3.63, 3.8) is 0 Å². The summed E-state index contributed by atoms with van der Waals surface area (Å²) in [4.78, 5) is 12.7. The molecule has 0 radical (unpaired) electrons. The molecule has 0 atom stereocenters. The summed E-state index contributed by atoms with van der Waals surface area (Å²) in [5.74, 6) is 0.0161. The van der Waals surface area contributed by atoms with E-state index in [1.165, 1.54) is 30.9 Å². The first-order valence-electron chi connectivity index (χ1n) is 10.1. The lowest BCUT2D eigenvalue weighted by molar-refractivity contribution is -0.119. The fraction of sp³-hybridized carbons (Fsp3) is 0.208. The Morgan fingerprint density at radius 3 is 2.28 bits per heavy atom. The maximum atomic E-state index is 13.3. The number of aryl methyl sites for hydroxylation is 1. The summed E-state index contributed by atoms with van der Waals surface area (Å²) < 4.78 is 32.9. The van der Waals surface area contributed by atoms with Gasteiger partial charge in [-0.3, -0.25) is 9.10 Å². The third-order valence-electron chi connectivity index (χ3n) is 4.85. The monoisotopic (exact) mass is 472 g/mol. The maximum absolute atomic E-state index is 13.3. The van der Waals surface area contributed by atoms with Crippen molar-refractivity contribution in [3.8, 4) is 5.75 Å². The highest BCUT2D eigenvalue weighted by Gasteiger charge is 2.27. The zero-order chi connectivity index (χ0) is 23.0. The third kappa shape index (κ3) is 6.02. The lowest BCUT2D eigenvalue weighted by Gasteiger charge is -2.24. The molecule has 168 valence electrons. The average molecular weight is 473 g/mol. The Kier molecular flexibility index (Phi) is 8.14. The Morgan fingerprint density at radius 1 is 1.00 bits per heavy atom. The van der Waals surface area contributed by atoms with Crippen LogP contribution in [0.1, 0.15) is 12.0 Å². The molecule has 0 saturated carbocycles. The fourth-order valence-corrected chi connectivity index (χ4v) is 4.88. The number of hydrogen-bond donors (Lipinski definition) is 1. The third-order valence-corrected chi connectivity index (χ3v) is 6.93. The number of hydrogen-bond acceptors (Lipinski definition) is 4. The van der Waals surface area contributed by atoms with Crippen LogP contribution in [0.2, 0.25) is 5.02 Å². The Hall–Kier alpha value is -3.03. The molecule has 0 spiro atoms. The molecule has 0 aliphatic carbocycles. The van der Waals surface area contributed by atoms with Crippen LogP contribution in [0.25, 0.3) is 0 Å². The van der Waals surface area contributed by atoms with Gasteiger partial charge in [-0.1, -0.05) is 60.1 Å². The molecule has 8 heteroatoms. The van der Waals surface area contributed by atoms with E-state index >= 15 is 0 Å². The number of benzene rings is 3. The van der Waals surface area contributed by atoms with Gasteiger partial charge >= 0.3 is 0 Å². The van der Waals surface area contributed by atoms with Gasteiger partial charge in [-0.15, -0.1) is 0 Å².